The Morgan fingerprint density at radius 2 is 1.95 bits per heavy atom. The Labute approximate surface area is 222 Å². The molecule has 8 heteroatoms. The molecule has 1 aromatic heterocycles. The van der Waals surface area contributed by atoms with E-state index in [-0.39, 0.29) is 29.6 Å². The number of amides is 2. The number of benzene rings is 2. The van der Waals surface area contributed by atoms with Crippen LogP contribution in [0, 0.1) is 0 Å². The average molecular weight is 523 g/mol. The number of aromatic nitrogens is 1. The van der Waals surface area contributed by atoms with E-state index < -0.39 is 11.6 Å². The van der Waals surface area contributed by atoms with Gasteiger partial charge in [0, 0.05) is 40.1 Å². The number of aromatic hydroxyl groups is 1. The van der Waals surface area contributed by atoms with Crippen molar-refractivity contribution in [3.63, 3.8) is 0 Å². The zero-order valence-corrected chi connectivity index (χ0v) is 22.7. The first-order valence-electron chi connectivity index (χ1n) is 12.9. The number of rotatable bonds is 6. The fourth-order valence-electron chi connectivity index (χ4n) is 5.84. The molecule has 0 spiro atoms. The summed E-state index contributed by atoms with van der Waals surface area (Å²) >= 11 is 6.36. The smallest absolute Gasteiger partial charge is 0.249 e. The van der Waals surface area contributed by atoms with Crippen molar-refractivity contribution >= 4 is 34.3 Å². The van der Waals surface area contributed by atoms with Crippen molar-refractivity contribution in [1.82, 2.24) is 20.1 Å². The van der Waals surface area contributed by atoms with Gasteiger partial charge in [0.1, 0.15) is 11.3 Å². The summed E-state index contributed by atoms with van der Waals surface area (Å²) in [6.45, 7) is 9.74. The lowest BCUT2D eigenvalue weighted by Gasteiger charge is -2.53. The number of phenols is 1. The van der Waals surface area contributed by atoms with Gasteiger partial charge < -0.3 is 25.2 Å². The van der Waals surface area contributed by atoms with Crippen LogP contribution in [0.5, 0.6) is 5.75 Å². The Morgan fingerprint density at radius 1 is 1.16 bits per heavy atom. The van der Waals surface area contributed by atoms with E-state index in [1.54, 1.807) is 28.0 Å². The highest BCUT2D eigenvalue weighted by Crippen LogP contribution is 2.47. The third kappa shape index (κ3) is 4.71. The normalized spacial score (nSPS) is 21.9. The molecule has 2 aromatic carbocycles. The molecule has 5 rings (SSSR count). The molecule has 2 atom stereocenters. The number of H-pyrrole nitrogens is 1. The van der Waals surface area contributed by atoms with E-state index in [0.717, 1.165) is 47.1 Å². The van der Waals surface area contributed by atoms with E-state index in [4.69, 9.17) is 11.6 Å². The van der Waals surface area contributed by atoms with Crippen LogP contribution in [-0.4, -0.2) is 62.4 Å². The molecule has 1 fully saturated rings. The van der Waals surface area contributed by atoms with Crippen molar-refractivity contribution in [3.8, 4) is 5.75 Å². The second kappa shape index (κ2) is 9.37. The van der Waals surface area contributed by atoms with Crippen LogP contribution < -0.4 is 5.32 Å². The molecule has 7 nitrogen and oxygen atoms in total. The molecule has 1 saturated heterocycles. The second-order valence-electron chi connectivity index (χ2n) is 11.5. The number of carbonyl (C=O) groups excluding carboxylic acids is 2. The number of aromatic amines is 1. The molecule has 0 bridgehead atoms. The Morgan fingerprint density at radius 3 is 2.68 bits per heavy atom. The Kier molecular flexibility index (Phi) is 6.49. The van der Waals surface area contributed by atoms with Crippen LogP contribution in [0.25, 0.3) is 10.9 Å². The third-order valence-electron chi connectivity index (χ3n) is 7.52. The van der Waals surface area contributed by atoms with Gasteiger partial charge in [0.15, 0.2) is 0 Å². The van der Waals surface area contributed by atoms with Crippen molar-refractivity contribution in [2.24, 2.45) is 0 Å². The van der Waals surface area contributed by atoms with E-state index in [9.17, 15) is 14.7 Å². The lowest BCUT2D eigenvalue weighted by atomic mass is 9.78. The van der Waals surface area contributed by atoms with Crippen molar-refractivity contribution in [2.45, 2.75) is 64.1 Å². The van der Waals surface area contributed by atoms with Gasteiger partial charge in [0.2, 0.25) is 11.8 Å². The predicted octanol–water partition coefficient (Wildman–Crippen LogP) is 4.77. The third-order valence-corrected chi connectivity index (χ3v) is 7.76. The van der Waals surface area contributed by atoms with Crippen LogP contribution in [0.3, 0.4) is 0 Å². The molecule has 37 heavy (non-hydrogen) atoms. The number of hydrogen-bond donors (Lipinski definition) is 3. The molecule has 2 aliphatic heterocycles. The number of phenolic OH excluding ortho intramolecular Hbond substituents is 1. The first-order valence-corrected chi connectivity index (χ1v) is 13.3. The number of nitrogens with one attached hydrogen (secondary N) is 2. The molecular formula is C29H35ClN4O3. The SMILES string of the molecule is CC(C)(C)NCCCCN1CC(=O)N2[C@H](c3cccc(O)c3)c3[nH]c4ccc(Cl)cc4c3C[C@@]2(C)C1=O. The van der Waals surface area contributed by atoms with Crippen molar-refractivity contribution in [1.29, 1.82) is 0 Å². The minimum atomic E-state index is -1.06. The van der Waals surface area contributed by atoms with Gasteiger partial charge in [-0.3, -0.25) is 9.59 Å². The summed E-state index contributed by atoms with van der Waals surface area (Å²) in [7, 11) is 0. The van der Waals surface area contributed by atoms with E-state index in [1.165, 1.54) is 0 Å². The summed E-state index contributed by atoms with van der Waals surface area (Å²) in [4.78, 5) is 34.8. The van der Waals surface area contributed by atoms with Gasteiger partial charge in [-0.15, -0.1) is 0 Å². The zero-order chi connectivity index (χ0) is 26.5. The van der Waals surface area contributed by atoms with Gasteiger partial charge >= 0.3 is 0 Å². The summed E-state index contributed by atoms with van der Waals surface area (Å²) < 4.78 is 0. The molecule has 3 heterocycles. The maximum atomic E-state index is 14.1. The molecule has 196 valence electrons. The van der Waals surface area contributed by atoms with E-state index >= 15 is 0 Å². The highest BCUT2D eigenvalue weighted by atomic mass is 35.5. The molecule has 3 N–H and O–H groups in total. The number of hydrogen-bond acceptors (Lipinski definition) is 4. The number of unbranched alkanes of at least 4 members (excludes halogenated alkanes) is 1. The molecule has 2 aliphatic rings. The average Bonchev–Trinajstić information content (AvgIpc) is 3.17. The second-order valence-corrected chi connectivity index (χ2v) is 12.0. The first-order chi connectivity index (χ1) is 17.5. The van der Waals surface area contributed by atoms with Crippen LogP contribution in [0.15, 0.2) is 42.5 Å². The number of carbonyl (C=O) groups is 2. The molecule has 0 radical (unpaired) electrons. The van der Waals surface area contributed by atoms with E-state index in [2.05, 4.69) is 31.1 Å². The minimum Gasteiger partial charge on any atom is -0.508 e. The molecule has 0 saturated carbocycles. The molecule has 2 amide bonds. The van der Waals surface area contributed by atoms with Gasteiger partial charge in [0.05, 0.1) is 12.6 Å². The lowest BCUT2D eigenvalue weighted by Crippen LogP contribution is -2.69. The standard InChI is InChI=1S/C29H35ClN4O3/c1-28(2,3)31-12-5-6-13-33-17-24(36)34-26(18-8-7-9-20(35)14-18)25-22(16-29(34,4)27(33)37)21-15-19(30)10-11-23(21)32-25/h7-11,14-15,26,31-32,35H,5-6,12-13,16-17H2,1-4H3/t26-,29+/m1/s1. The maximum absolute atomic E-state index is 14.1. The van der Waals surface area contributed by atoms with E-state index in [1.807, 2.05) is 31.2 Å². The summed E-state index contributed by atoms with van der Waals surface area (Å²) in [5.41, 5.74) is 2.51. The first kappa shape index (κ1) is 25.6. The molecular weight excluding hydrogens is 488 g/mol. The van der Waals surface area contributed by atoms with Crippen LogP contribution >= 0.6 is 11.6 Å². The summed E-state index contributed by atoms with van der Waals surface area (Å²) in [5.74, 6) is -0.0135. The van der Waals surface area contributed by atoms with Crippen LogP contribution in [0.4, 0.5) is 0 Å². The topological polar surface area (TPSA) is 88.7 Å². The van der Waals surface area contributed by atoms with Crippen molar-refractivity contribution < 1.29 is 14.7 Å². The number of piperazine rings is 1. The van der Waals surface area contributed by atoms with Crippen LogP contribution in [0.2, 0.25) is 5.02 Å². The Hall–Kier alpha value is -3.03. The number of nitrogens with zero attached hydrogens (tertiary/aromatic N) is 2. The fourth-order valence-corrected chi connectivity index (χ4v) is 6.01. The van der Waals surface area contributed by atoms with Gasteiger partial charge in [0.25, 0.3) is 0 Å². The highest BCUT2D eigenvalue weighted by Gasteiger charge is 2.55. The molecule has 0 unspecified atom stereocenters. The zero-order valence-electron chi connectivity index (χ0n) is 21.9. The number of halogens is 1. The molecule has 3 aromatic rings. The van der Waals surface area contributed by atoms with Gasteiger partial charge in [-0.1, -0.05) is 23.7 Å². The lowest BCUT2D eigenvalue weighted by molar-refractivity contribution is -0.167. The monoisotopic (exact) mass is 522 g/mol. The van der Waals surface area contributed by atoms with Crippen LogP contribution in [0.1, 0.15) is 63.4 Å². The van der Waals surface area contributed by atoms with Gasteiger partial charge in [-0.2, -0.15) is 0 Å². The Bertz CT molecular complexity index is 1360. The van der Waals surface area contributed by atoms with Crippen molar-refractivity contribution in [3.05, 3.63) is 64.3 Å². The minimum absolute atomic E-state index is 0.0388. The highest BCUT2D eigenvalue weighted by molar-refractivity contribution is 6.31. The predicted molar refractivity (Wildman–Crippen MR) is 146 cm³/mol. The quantitative estimate of drug-likeness (QED) is 0.407. The van der Waals surface area contributed by atoms with Gasteiger partial charge in [-0.05, 0) is 88.5 Å². The summed E-state index contributed by atoms with van der Waals surface area (Å²) in [6.07, 6.45) is 2.14. The maximum Gasteiger partial charge on any atom is 0.249 e. The fraction of sp³-hybridized carbons (Fsp3) is 0.448. The Balaban J connectivity index is 1.51. The van der Waals surface area contributed by atoms with E-state index in [0.29, 0.717) is 18.0 Å². The summed E-state index contributed by atoms with van der Waals surface area (Å²) in [5, 5.41) is 15.3. The van der Waals surface area contributed by atoms with Crippen molar-refractivity contribution in [2.75, 3.05) is 19.6 Å². The summed E-state index contributed by atoms with van der Waals surface area (Å²) in [6, 6.07) is 12.1. The van der Waals surface area contributed by atoms with Crippen LogP contribution in [-0.2, 0) is 16.0 Å². The largest absolute Gasteiger partial charge is 0.508 e. The number of fused-ring (bicyclic) bond motifs is 4. The van der Waals surface area contributed by atoms with Gasteiger partial charge in [-0.25, -0.2) is 0 Å². The molecule has 0 aliphatic carbocycles.